The van der Waals surface area contributed by atoms with E-state index >= 15 is 0 Å². The summed E-state index contributed by atoms with van der Waals surface area (Å²) < 4.78 is 57.8. The van der Waals surface area contributed by atoms with Gasteiger partial charge >= 0.3 is 5.97 Å². The van der Waals surface area contributed by atoms with Crippen molar-refractivity contribution in [2.75, 3.05) is 7.11 Å². The van der Waals surface area contributed by atoms with E-state index in [1.807, 2.05) is 0 Å². The zero-order chi connectivity index (χ0) is 13.4. The summed E-state index contributed by atoms with van der Waals surface area (Å²) in [6, 6.07) is 0.120. The van der Waals surface area contributed by atoms with Crippen molar-refractivity contribution in [3.8, 4) is 0 Å². The van der Waals surface area contributed by atoms with Crippen LogP contribution in [0, 0.1) is 29.2 Å². The maximum absolute atomic E-state index is 13.6. The fourth-order valence-electron chi connectivity index (χ4n) is 1.97. The molecule has 1 saturated carbocycles. The Bertz CT molecular complexity index is 471. The number of methoxy groups -OCH3 is 1. The zero-order valence-corrected chi connectivity index (χ0v) is 9.47. The lowest BCUT2D eigenvalue weighted by atomic mass is 9.93. The van der Waals surface area contributed by atoms with Crippen LogP contribution in [0.4, 0.5) is 17.6 Å². The van der Waals surface area contributed by atoms with E-state index in [9.17, 15) is 22.4 Å². The van der Waals surface area contributed by atoms with Crippen LogP contribution >= 0.6 is 0 Å². The second-order valence-corrected chi connectivity index (χ2v) is 4.22. The zero-order valence-electron chi connectivity index (χ0n) is 9.47. The van der Waals surface area contributed by atoms with Crippen LogP contribution in [-0.2, 0) is 9.53 Å². The molecule has 98 valence electrons. The van der Waals surface area contributed by atoms with Crippen molar-refractivity contribution in [1.29, 1.82) is 0 Å². The molecule has 2 rings (SSSR count). The molecule has 18 heavy (non-hydrogen) atoms. The summed E-state index contributed by atoms with van der Waals surface area (Å²) in [7, 11) is 1.06. The van der Waals surface area contributed by atoms with Crippen LogP contribution in [0.25, 0.3) is 0 Å². The standard InChI is InChI=1S/C12H10F4O2/c1-18-12(17)8(5-2-3-5)9-10(15)6(13)4-7(14)11(9)16/h4-5,8H,2-3H2,1H3. The van der Waals surface area contributed by atoms with E-state index in [0.717, 1.165) is 7.11 Å². The van der Waals surface area contributed by atoms with Crippen LogP contribution in [0.2, 0.25) is 0 Å². The molecule has 1 aliphatic carbocycles. The van der Waals surface area contributed by atoms with E-state index in [1.165, 1.54) is 0 Å². The van der Waals surface area contributed by atoms with Gasteiger partial charge in [-0.2, -0.15) is 0 Å². The van der Waals surface area contributed by atoms with Gasteiger partial charge in [-0.05, 0) is 18.8 Å². The van der Waals surface area contributed by atoms with Gasteiger partial charge in [0.1, 0.15) is 0 Å². The number of halogens is 4. The van der Waals surface area contributed by atoms with Gasteiger partial charge < -0.3 is 4.74 Å². The third-order valence-electron chi connectivity index (χ3n) is 3.01. The van der Waals surface area contributed by atoms with Crippen LogP contribution in [0.3, 0.4) is 0 Å². The van der Waals surface area contributed by atoms with E-state index in [0.29, 0.717) is 12.8 Å². The molecule has 0 N–H and O–H groups in total. The summed E-state index contributed by atoms with van der Waals surface area (Å²) in [5, 5.41) is 0. The highest BCUT2D eigenvalue weighted by atomic mass is 19.2. The number of rotatable bonds is 3. The summed E-state index contributed by atoms with van der Waals surface area (Å²) in [5.74, 6) is -8.60. The first-order chi connectivity index (χ1) is 8.47. The highest BCUT2D eigenvalue weighted by Crippen LogP contribution is 2.45. The molecule has 0 radical (unpaired) electrons. The summed E-state index contributed by atoms with van der Waals surface area (Å²) in [6.45, 7) is 0. The van der Waals surface area contributed by atoms with Crippen molar-refractivity contribution in [3.63, 3.8) is 0 Å². The minimum Gasteiger partial charge on any atom is -0.469 e. The van der Waals surface area contributed by atoms with Gasteiger partial charge in [0, 0.05) is 11.6 Å². The highest BCUT2D eigenvalue weighted by Gasteiger charge is 2.42. The quantitative estimate of drug-likeness (QED) is 0.475. The monoisotopic (exact) mass is 262 g/mol. The second kappa shape index (κ2) is 4.59. The van der Waals surface area contributed by atoms with Gasteiger partial charge in [0.05, 0.1) is 13.0 Å². The van der Waals surface area contributed by atoms with Crippen LogP contribution in [0.1, 0.15) is 24.3 Å². The largest absolute Gasteiger partial charge is 0.469 e. The average Bonchev–Trinajstić information content (AvgIpc) is 3.15. The van der Waals surface area contributed by atoms with Gasteiger partial charge in [-0.1, -0.05) is 0 Å². The van der Waals surface area contributed by atoms with Crippen LogP contribution in [-0.4, -0.2) is 13.1 Å². The topological polar surface area (TPSA) is 26.3 Å². The molecule has 6 heteroatoms. The second-order valence-electron chi connectivity index (χ2n) is 4.22. The molecule has 1 atom stereocenters. The Hall–Kier alpha value is -1.59. The number of carbonyl (C=O) groups is 1. The molecule has 1 fully saturated rings. The van der Waals surface area contributed by atoms with E-state index in [-0.39, 0.29) is 12.0 Å². The Morgan fingerprint density at radius 2 is 1.72 bits per heavy atom. The first kappa shape index (κ1) is 12.9. The summed E-state index contributed by atoms with van der Waals surface area (Å²) in [5.41, 5.74) is -0.873. The number of hydrogen-bond acceptors (Lipinski definition) is 2. The van der Waals surface area contributed by atoms with Gasteiger partial charge in [0.2, 0.25) is 0 Å². The molecule has 1 aromatic carbocycles. The molecule has 0 bridgehead atoms. The van der Waals surface area contributed by atoms with Crippen molar-refractivity contribution in [3.05, 3.63) is 34.9 Å². The van der Waals surface area contributed by atoms with E-state index in [4.69, 9.17) is 0 Å². The number of ether oxygens (including phenoxy) is 1. The fourth-order valence-corrected chi connectivity index (χ4v) is 1.97. The predicted octanol–water partition coefficient (Wildman–Crippen LogP) is 2.91. The third kappa shape index (κ3) is 2.07. The van der Waals surface area contributed by atoms with Crippen LogP contribution in [0.5, 0.6) is 0 Å². The minimum absolute atomic E-state index is 0.120. The first-order valence-electron chi connectivity index (χ1n) is 5.38. The van der Waals surface area contributed by atoms with E-state index in [1.54, 1.807) is 0 Å². The van der Waals surface area contributed by atoms with Gasteiger partial charge in [-0.3, -0.25) is 4.79 Å². The molecule has 0 aromatic heterocycles. The lowest BCUT2D eigenvalue weighted by molar-refractivity contribution is -0.143. The molecule has 1 aliphatic rings. The van der Waals surface area contributed by atoms with Crippen molar-refractivity contribution in [2.24, 2.45) is 5.92 Å². The maximum atomic E-state index is 13.6. The Morgan fingerprint density at radius 3 is 2.11 bits per heavy atom. The Labute approximate surface area is 101 Å². The Morgan fingerprint density at radius 1 is 1.22 bits per heavy atom. The molecule has 0 amide bonds. The van der Waals surface area contributed by atoms with Gasteiger partial charge in [-0.15, -0.1) is 0 Å². The van der Waals surface area contributed by atoms with Gasteiger partial charge in [0.25, 0.3) is 0 Å². The smallest absolute Gasteiger partial charge is 0.313 e. The Kier molecular flexibility index (Phi) is 3.28. The minimum atomic E-state index is -1.53. The van der Waals surface area contributed by atoms with E-state index in [2.05, 4.69) is 4.74 Å². The molecule has 1 aromatic rings. The molecule has 0 spiro atoms. The average molecular weight is 262 g/mol. The molecule has 0 heterocycles. The normalized spacial score (nSPS) is 16.5. The molecular weight excluding hydrogens is 252 g/mol. The lowest BCUT2D eigenvalue weighted by Crippen LogP contribution is -2.20. The Balaban J connectivity index is 2.56. The first-order valence-corrected chi connectivity index (χ1v) is 5.38. The fraction of sp³-hybridized carbons (Fsp3) is 0.417. The predicted molar refractivity (Wildman–Crippen MR) is 53.8 cm³/mol. The van der Waals surface area contributed by atoms with Crippen LogP contribution < -0.4 is 0 Å². The number of benzene rings is 1. The van der Waals surface area contributed by atoms with Crippen molar-refractivity contribution in [1.82, 2.24) is 0 Å². The summed E-state index contributed by atoms with van der Waals surface area (Å²) >= 11 is 0. The van der Waals surface area contributed by atoms with Crippen LogP contribution in [0.15, 0.2) is 6.07 Å². The molecule has 0 saturated heterocycles. The molecule has 1 unspecified atom stereocenters. The van der Waals surface area contributed by atoms with Gasteiger partial charge in [0.15, 0.2) is 23.3 Å². The SMILES string of the molecule is COC(=O)C(c1c(F)c(F)cc(F)c1F)C1CC1. The highest BCUT2D eigenvalue weighted by molar-refractivity contribution is 5.79. The number of carbonyl (C=O) groups excluding carboxylic acids is 1. The third-order valence-corrected chi connectivity index (χ3v) is 3.01. The summed E-state index contributed by atoms with van der Waals surface area (Å²) in [4.78, 5) is 11.5. The summed E-state index contributed by atoms with van der Waals surface area (Å²) in [6.07, 6.45) is 1.13. The number of esters is 1. The van der Waals surface area contributed by atoms with Crippen molar-refractivity contribution in [2.45, 2.75) is 18.8 Å². The van der Waals surface area contributed by atoms with Crippen molar-refractivity contribution < 1.29 is 27.1 Å². The maximum Gasteiger partial charge on any atom is 0.313 e. The van der Waals surface area contributed by atoms with Gasteiger partial charge in [-0.25, -0.2) is 17.6 Å². The molecular formula is C12H10F4O2. The van der Waals surface area contributed by atoms with E-state index < -0.39 is 40.7 Å². The molecule has 2 nitrogen and oxygen atoms in total. The lowest BCUT2D eigenvalue weighted by Gasteiger charge is -2.16. The van der Waals surface area contributed by atoms with Crippen molar-refractivity contribution >= 4 is 5.97 Å². The number of hydrogen-bond donors (Lipinski definition) is 0. The molecule has 0 aliphatic heterocycles.